The molecule has 0 unspecified atom stereocenters. The Balaban J connectivity index is 3.06. The van der Waals surface area contributed by atoms with Gasteiger partial charge in [0.15, 0.2) is 0 Å². The zero-order valence-corrected chi connectivity index (χ0v) is 13.3. The lowest BCUT2D eigenvalue weighted by Crippen LogP contribution is -2.57. The van der Waals surface area contributed by atoms with Crippen LogP contribution in [-0.2, 0) is 4.79 Å². The summed E-state index contributed by atoms with van der Waals surface area (Å²) in [6.07, 6.45) is 0. The summed E-state index contributed by atoms with van der Waals surface area (Å²) in [4.78, 5) is 23.4. The number of carboxylic acid groups (broad SMARTS) is 1. The molecule has 20 heavy (non-hydrogen) atoms. The SMILES string of the molecule is CC(C)(NC(=O)c1cc(Br)ccc1F)C(C)(C)C(=O)O. The van der Waals surface area contributed by atoms with E-state index in [4.69, 9.17) is 0 Å². The first-order valence-corrected chi connectivity index (χ1v) is 6.79. The number of nitrogens with one attached hydrogen (secondary N) is 1. The van der Waals surface area contributed by atoms with E-state index in [1.807, 2.05) is 0 Å². The monoisotopic (exact) mass is 345 g/mol. The molecule has 0 radical (unpaired) electrons. The van der Waals surface area contributed by atoms with Crippen molar-refractivity contribution >= 4 is 27.8 Å². The van der Waals surface area contributed by atoms with Crippen molar-refractivity contribution in [3.63, 3.8) is 0 Å². The van der Waals surface area contributed by atoms with Gasteiger partial charge in [0.1, 0.15) is 5.82 Å². The maximum atomic E-state index is 13.7. The molecule has 0 heterocycles. The number of carbonyl (C=O) groups excluding carboxylic acids is 1. The minimum Gasteiger partial charge on any atom is -0.481 e. The lowest BCUT2D eigenvalue weighted by molar-refractivity contribution is -0.150. The van der Waals surface area contributed by atoms with Gasteiger partial charge in [0, 0.05) is 4.47 Å². The van der Waals surface area contributed by atoms with Gasteiger partial charge in [-0.2, -0.15) is 0 Å². The summed E-state index contributed by atoms with van der Waals surface area (Å²) in [6.45, 7) is 6.20. The molecule has 0 saturated heterocycles. The van der Waals surface area contributed by atoms with Crippen molar-refractivity contribution in [2.75, 3.05) is 0 Å². The molecule has 1 aromatic rings. The first-order valence-electron chi connectivity index (χ1n) is 6.00. The smallest absolute Gasteiger partial charge is 0.311 e. The van der Waals surface area contributed by atoms with E-state index >= 15 is 0 Å². The fourth-order valence-corrected chi connectivity index (χ4v) is 1.81. The minimum atomic E-state index is -1.20. The van der Waals surface area contributed by atoms with Gasteiger partial charge in [-0.3, -0.25) is 9.59 Å². The third-order valence-corrected chi connectivity index (χ3v) is 4.19. The zero-order chi connectivity index (χ0) is 15.7. The molecule has 0 aromatic heterocycles. The predicted molar refractivity (Wildman–Crippen MR) is 77.1 cm³/mol. The van der Waals surface area contributed by atoms with Gasteiger partial charge in [-0.25, -0.2) is 4.39 Å². The second-order valence-corrected chi connectivity index (χ2v) is 6.55. The third-order valence-electron chi connectivity index (χ3n) is 3.70. The van der Waals surface area contributed by atoms with Crippen LogP contribution in [0.3, 0.4) is 0 Å². The van der Waals surface area contributed by atoms with E-state index in [9.17, 15) is 19.1 Å². The molecule has 0 atom stereocenters. The first kappa shape index (κ1) is 16.6. The van der Waals surface area contributed by atoms with Crippen LogP contribution in [0, 0.1) is 11.2 Å². The molecule has 0 saturated carbocycles. The number of rotatable bonds is 4. The maximum absolute atomic E-state index is 13.7. The van der Waals surface area contributed by atoms with Gasteiger partial charge in [-0.15, -0.1) is 0 Å². The van der Waals surface area contributed by atoms with E-state index in [0.717, 1.165) is 0 Å². The van der Waals surface area contributed by atoms with Gasteiger partial charge in [0.25, 0.3) is 5.91 Å². The highest BCUT2D eigenvalue weighted by Crippen LogP contribution is 2.31. The fraction of sp³-hybridized carbons (Fsp3) is 0.429. The van der Waals surface area contributed by atoms with Crippen molar-refractivity contribution in [3.05, 3.63) is 34.1 Å². The van der Waals surface area contributed by atoms with Crippen molar-refractivity contribution in [1.82, 2.24) is 5.32 Å². The Labute approximate surface area is 125 Å². The largest absolute Gasteiger partial charge is 0.481 e. The molecule has 0 bridgehead atoms. The van der Waals surface area contributed by atoms with Crippen LogP contribution in [0.2, 0.25) is 0 Å². The summed E-state index contributed by atoms with van der Waals surface area (Å²) in [5.41, 5.74) is -2.39. The van der Waals surface area contributed by atoms with Crippen LogP contribution in [0.1, 0.15) is 38.1 Å². The van der Waals surface area contributed by atoms with Crippen LogP contribution in [0.25, 0.3) is 0 Å². The molecule has 4 nitrogen and oxygen atoms in total. The molecule has 2 N–H and O–H groups in total. The van der Waals surface area contributed by atoms with Crippen molar-refractivity contribution in [1.29, 1.82) is 0 Å². The Morgan fingerprint density at radius 1 is 1.25 bits per heavy atom. The highest BCUT2D eigenvalue weighted by molar-refractivity contribution is 9.10. The van der Waals surface area contributed by atoms with Crippen LogP contribution >= 0.6 is 15.9 Å². The second-order valence-electron chi connectivity index (χ2n) is 5.63. The number of hydrogen-bond donors (Lipinski definition) is 2. The van der Waals surface area contributed by atoms with Crippen molar-refractivity contribution in [3.8, 4) is 0 Å². The lowest BCUT2D eigenvalue weighted by atomic mass is 9.74. The molecule has 0 aliphatic heterocycles. The molecule has 0 spiro atoms. The molecule has 0 aliphatic rings. The van der Waals surface area contributed by atoms with Crippen LogP contribution in [-0.4, -0.2) is 22.5 Å². The van der Waals surface area contributed by atoms with Crippen LogP contribution in [0.4, 0.5) is 4.39 Å². The lowest BCUT2D eigenvalue weighted by Gasteiger charge is -2.38. The molecule has 1 amide bonds. The van der Waals surface area contributed by atoms with Crippen molar-refractivity contribution < 1.29 is 19.1 Å². The zero-order valence-electron chi connectivity index (χ0n) is 11.8. The van der Waals surface area contributed by atoms with Crippen LogP contribution < -0.4 is 5.32 Å². The fourth-order valence-electron chi connectivity index (χ4n) is 1.45. The quantitative estimate of drug-likeness (QED) is 0.880. The summed E-state index contributed by atoms with van der Waals surface area (Å²) >= 11 is 3.17. The molecule has 110 valence electrons. The number of hydrogen-bond acceptors (Lipinski definition) is 2. The average Bonchev–Trinajstić information content (AvgIpc) is 2.31. The summed E-state index contributed by atoms with van der Waals surface area (Å²) in [5.74, 6) is -2.35. The van der Waals surface area contributed by atoms with Gasteiger partial charge in [-0.05, 0) is 45.9 Å². The van der Waals surface area contributed by atoms with Crippen molar-refractivity contribution in [2.45, 2.75) is 33.2 Å². The normalized spacial score (nSPS) is 12.1. The number of halogens is 2. The Hall–Kier alpha value is -1.43. The molecule has 0 fully saturated rings. The molecular formula is C14H17BrFNO3. The standard InChI is InChI=1S/C14H17BrFNO3/c1-13(2,12(19)20)14(3,4)17-11(18)9-7-8(15)5-6-10(9)16/h5-7H,1-4H3,(H,17,18)(H,19,20). The van der Waals surface area contributed by atoms with Crippen LogP contribution in [0.5, 0.6) is 0 Å². The maximum Gasteiger partial charge on any atom is 0.311 e. The molecule has 0 aliphatic carbocycles. The minimum absolute atomic E-state index is 0.131. The second kappa shape index (κ2) is 5.52. The average molecular weight is 346 g/mol. The Bertz CT molecular complexity index is 555. The van der Waals surface area contributed by atoms with Gasteiger partial charge in [-0.1, -0.05) is 15.9 Å². The number of benzene rings is 1. The van der Waals surface area contributed by atoms with Gasteiger partial charge in [0.05, 0.1) is 16.5 Å². The summed E-state index contributed by atoms with van der Waals surface area (Å²) in [7, 11) is 0. The third kappa shape index (κ3) is 3.17. The number of aliphatic carboxylic acids is 1. The van der Waals surface area contributed by atoms with E-state index in [1.165, 1.54) is 32.0 Å². The summed E-state index contributed by atoms with van der Waals surface area (Å²) in [5, 5.41) is 11.8. The highest BCUT2D eigenvalue weighted by Gasteiger charge is 2.44. The number of carboxylic acids is 1. The van der Waals surface area contributed by atoms with Gasteiger partial charge < -0.3 is 10.4 Å². The molecule has 1 aromatic carbocycles. The topological polar surface area (TPSA) is 66.4 Å². The Morgan fingerprint density at radius 2 is 1.80 bits per heavy atom. The van der Waals surface area contributed by atoms with Gasteiger partial charge in [0.2, 0.25) is 0 Å². The van der Waals surface area contributed by atoms with E-state index in [1.54, 1.807) is 13.8 Å². The van der Waals surface area contributed by atoms with Gasteiger partial charge >= 0.3 is 5.97 Å². The van der Waals surface area contributed by atoms with E-state index in [-0.39, 0.29) is 5.56 Å². The Morgan fingerprint density at radius 3 is 2.30 bits per heavy atom. The Kier molecular flexibility index (Phi) is 4.59. The molecule has 6 heteroatoms. The summed E-state index contributed by atoms with van der Waals surface area (Å²) in [6, 6.07) is 4.02. The van der Waals surface area contributed by atoms with Crippen molar-refractivity contribution in [2.24, 2.45) is 5.41 Å². The van der Waals surface area contributed by atoms with Crippen LogP contribution in [0.15, 0.2) is 22.7 Å². The molecular weight excluding hydrogens is 329 g/mol. The number of amides is 1. The van der Waals surface area contributed by atoms with E-state index < -0.39 is 28.6 Å². The number of carbonyl (C=O) groups is 2. The first-order chi connectivity index (χ1) is 8.99. The molecule has 1 rings (SSSR count). The van der Waals surface area contributed by atoms with E-state index in [2.05, 4.69) is 21.2 Å². The highest BCUT2D eigenvalue weighted by atomic mass is 79.9. The summed E-state index contributed by atoms with van der Waals surface area (Å²) < 4.78 is 14.2. The van der Waals surface area contributed by atoms with E-state index in [0.29, 0.717) is 4.47 Å². The predicted octanol–water partition coefficient (Wildman–Crippen LogP) is 3.21.